The molecule has 7 heteroatoms. The molecule has 88 valence electrons. The summed E-state index contributed by atoms with van der Waals surface area (Å²) in [5.41, 5.74) is 0.611. The molecule has 0 aliphatic carbocycles. The highest BCUT2D eigenvalue weighted by Gasteiger charge is 2.11. The van der Waals surface area contributed by atoms with Crippen LogP contribution < -0.4 is 4.73 Å². The van der Waals surface area contributed by atoms with Gasteiger partial charge < -0.3 is 9.62 Å². The highest BCUT2D eigenvalue weighted by Crippen LogP contribution is 2.18. The molecule has 0 amide bonds. The molecule has 0 fully saturated rings. The van der Waals surface area contributed by atoms with E-state index in [4.69, 9.17) is 4.42 Å². The van der Waals surface area contributed by atoms with Gasteiger partial charge in [-0.15, -0.1) is 0 Å². The number of thiazole rings is 1. The van der Waals surface area contributed by atoms with E-state index < -0.39 is 4.92 Å². The molecule has 0 spiro atoms. The molecular weight excluding hydrogens is 244 g/mol. The minimum absolute atomic E-state index is 0.318. The van der Waals surface area contributed by atoms with Crippen molar-refractivity contribution in [3.63, 3.8) is 0 Å². The average molecular weight is 252 g/mol. The van der Waals surface area contributed by atoms with Crippen molar-refractivity contribution in [2.24, 2.45) is 0 Å². The highest BCUT2D eigenvalue weighted by atomic mass is 32.1. The molecule has 0 radical (unpaired) electrons. The zero-order valence-corrected chi connectivity index (χ0v) is 9.64. The Balaban J connectivity index is 2.20. The number of nitrogens with zero attached hydrogens (tertiary/aromatic N) is 2. The summed E-state index contributed by atoms with van der Waals surface area (Å²) >= 11 is 1.30. The third kappa shape index (κ3) is 2.34. The van der Waals surface area contributed by atoms with Gasteiger partial charge in [-0.1, -0.05) is 11.3 Å². The molecule has 2 aromatic rings. The highest BCUT2D eigenvalue weighted by molar-refractivity contribution is 7.10. The van der Waals surface area contributed by atoms with E-state index in [1.54, 1.807) is 18.4 Å². The number of rotatable bonds is 3. The molecular formula is C10H8N2O4S. The Hall–Kier alpha value is -2.15. The van der Waals surface area contributed by atoms with Gasteiger partial charge >= 0.3 is 5.88 Å². The van der Waals surface area contributed by atoms with Crippen molar-refractivity contribution in [3.05, 3.63) is 49.3 Å². The zero-order valence-electron chi connectivity index (χ0n) is 8.82. The van der Waals surface area contributed by atoms with Gasteiger partial charge in [0.25, 0.3) is 5.01 Å². The predicted molar refractivity (Wildman–Crippen MR) is 62.3 cm³/mol. The van der Waals surface area contributed by atoms with Crippen LogP contribution in [0.1, 0.15) is 16.5 Å². The van der Waals surface area contributed by atoms with Gasteiger partial charge in [0.05, 0.1) is 11.4 Å². The molecule has 2 rings (SSSR count). The van der Waals surface area contributed by atoms with Crippen LogP contribution in [0.15, 0.2) is 21.9 Å². The molecule has 0 aromatic carbocycles. The summed E-state index contributed by atoms with van der Waals surface area (Å²) in [5, 5.41) is 24.1. The van der Waals surface area contributed by atoms with Crippen molar-refractivity contribution in [1.82, 2.24) is 0 Å². The second kappa shape index (κ2) is 4.38. The largest absolute Gasteiger partial charge is 0.617 e. The van der Waals surface area contributed by atoms with E-state index in [0.717, 1.165) is 4.73 Å². The van der Waals surface area contributed by atoms with Gasteiger partial charge in [0.1, 0.15) is 10.7 Å². The summed E-state index contributed by atoms with van der Waals surface area (Å²) in [6, 6.07) is 2.74. The van der Waals surface area contributed by atoms with Crippen molar-refractivity contribution in [1.29, 1.82) is 0 Å². The first-order valence-corrected chi connectivity index (χ1v) is 5.56. The number of aryl methyl sites for hydroxylation is 1. The van der Waals surface area contributed by atoms with Gasteiger partial charge in [-0.25, -0.2) is 0 Å². The molecule has 0 saturated heterocycles. The van der Waals surface area contributed by atoms with Gasteiger partial charge in [-0.2, -0.15) is 4.73 Å². The summed E-state index contributed by atoms with van der Waals surface area (Å²) in [6.07, 6.45) is 3.08. The summed E-state index contributed by atoms with van der Waals surface area (Å²) in [6.45, 7) is 1.71. The lowest BCUT2D eigenvalue weighted by Crippen LogP contribution is -2.29. The lowest BCUT2D eigenvalue weighted by Gasteiger charge is -1.93. The molecule has 0 unspecified atom stereocenters. The molecule has 2 aromatic heterocycles. The number of furan rings is 1. The van der Waals surface area contributed by atoms with Crippen LogP contribution in [0.25, 0.3) is 12.2 Å². The number of hydrogen-bond acceptors (Lipinski definition) is 5. The first-order valence-electron chi connectivity index (χ1n) is 4.68. The Labute approximate surface area is 100 Å². The monoisotopic (exact) mass is 252 g/mol. The summed E-state index contributed by atoms with van der Waals surface area (Å²) in [4.78, 5) is 9.77. The quantitative estimate of drug-likeness (QED) is 0.363. The molecule has 0 N–H and O–H groups in total. The van der Waals surface area contributed by atoms with Gasteiger partial charge in [0, 0.05) is 13.0 Å². The lowest BCUT2D eigenvalue weighted by molar-refractivity contribution is -0.608. The Morgan fingerprint density at radius 1 is 1.47 bits per heavy atom. The van der Waals surface area contributed by atoms with E-state index in [0.29, 0.717) is 16.5 Å². The average Bonchev–Trinajstić information content (AvgIpc) is 2.86. The van der Waals surface area contributed by atoms with Crippen molar-refractivity contribution in [2.45, 2.75) is 6.92 Å². The second-order valence-corrected chi connectivity index (χ2v) is 4.17. The third-order valence-corrected chi connectivity index (χ3v) is 3.06. The van der Waals surface area contributed by atoms with E-state index in [9.17, 15) is 15.3 Å². The third-order valence-electron chi connectivity index (χ3n) is 2.05. The summed E-state index contributed by atoms with van der Waals surface area (Å²) < 4.78 is 5.71. The molecule has 6 nitrogen and oxygen atoms in total. The maximum absolute atomic E-state index is 11.4. The SMILES string of the molecule is Cc1csc(/C=C/c2ccc([N+](=O)[O-])o2)[n+]1[O-]. The first-order chi connectivity index (χ1) is 8.08. The number of hydrogen-bond donors (Lipinski definition) is 0. The normalized spacial score (nSPS) is 11.1. The van der Waals surface area contributed by atoms with Crippen LogP contribution in [0.2, 0.25) is 0 Å². The maximum atomic E-state index is 11.4. The topological polar surface area (TPSA) is 83.2 Å². The van der Waals surface area contributed by atoms with Crippen LogP contribution >= 0.6 is 11.3 Å². The van der Waals surface area contributed by atoms with Gasteiger partial charge in [0.15, 0.2) is 0 Å². The molecule has 0 bridgehead atoms. The van der Waals surface area contributed by atoms with Crippen LogP contribution in [-0.4, -0.2) is 4.92 Å². The molecule has 0 aliphatic rings. The number of aromatic nitrogens is 1. The van der Waals surface area contributed by atoms with Gasteiger partial charge in [-0.3, -0.25) is 10.1 Å². The molecule has 17 heavy (non-hydrogen) atoms. The standard InChI is InChI=1S/C10H8N2O4S/c1-7-6-17-10(11(7)13)5-3-8-2-4-9(16-8)12(14)15/h2-6H,1H3/b5-3+. The zero-order chi connectivity index (χ0) is 12.4. The summed E-state index contributed by atoms with van der Waals surface area (Å²) in [5.74, 6) is 0.0183. The van der Waals surface area contributed by atoms with Crippen molar-refractivity contribution in [3.8, 4) is 0 Å². The molecule has 2 heterocycles. The minimum Gasteiger partial charge on any atom is -0.617 e. The first kappa shape index (κ1) is 11.3. The van der Waals surface area contributed by atoms with E-state index >= 15 is 0 Å². The maximum Gasteiger partial charge on any atom is 0.433 e. The van der Waals surface area contributed by atoms with Crippen molar-refractivity contribution >= 4 is 29.4 Å². The molecule has 0 atom stereocenters. The lowest BCUT2D eigenvalue weighted by atomic mass is 10.4. The van der Waals surface area contributed by atoms with Crippen LogP contribution in [0, 0.1) is 22.2 Å². The van der Waals surface area contributed by atoms with Crippen molar-refractivity contribution < 1.29 is 14.1 Å². The summed E-state index contributed by atoms with van der Waals surface area (Å²) in [7, 11) is 0. The van der Waals surface area contributed by atoms with Crippen LogP contribution in [0.3, 0.4) is 0 Å². The van der Waals surface area contributed by atoms with Crippen LogP contribution in [0.5, 0.6) is 0 Å². The Morgan fingerprint density at radius 2 is 2.24 bits per heavy atom. The molecule has 0 aliphatic heterocycles. The Kier molecular flexibility index (Phi) is 2.92. The predicted octanol–water partition coefficient (Wildman–Crippen LogP) is 2.36. The van der Waals surface area contributed by atoms with E-state index in [1.165, 1.54) is 29.5 Å². The van der Waals surface area contributed by atoms with Crippen molar-refractivity contribution in [2.75, 3.05) is 0 Å². The minimum atomic E-state index is -0.611. The smallest absolute Gasteiger partial charge is 0.433 e. The number of nitro groups is 1. The Morgan fingerprint density at radius 3 is 2.76 bits per heavy atom. The Bertz CT molecular complexity index is 585. The fraction of sp³-hybridized carbons (Fsp3) is 0.100. The van der Waals surface area contributed by atoms with Gasteiger partial charge in [-0.05, 0) is 12.1 Å². The van der Waals surface area contributed by atoms with E-state index in [-0.39, 0.29) is 5.88 Å². The van der Waals surface area contributed by atoms with Crippen LogP contribution in [0.4, 0.5) is 5.88 Å². The van der Waals surface area contributed by atoms with Gasteiger partial charge in [0.2, 0.25) is 5.69 Å². The van der Waals surface area contributed by atoms with E-state index in [1.807, 2.05) is 0 Å². The van der Waals surface area contributed by atoms with Crippen LogP contribution in [-0.2, 0) is 0 Å². The fourth-order valence-electron chi connectivity index (χ4n) is 1.21. The second-order valence-electron chi connectivity index (χ2n) is 3.28. The fourth-order valence-corrected chi connectivity index (χ4v) is 1.98. The van der Waals surface area contributed by atoms with E-state index in [2.05, 4.69) is 0 Å². The molecule has 0 saturated carbocycles.